The van der Waals surface area contributed by atoms with Gasteiger partial charge in [-0.3, -0.25) is 0 Å². The standard InChI is InChI=1S/C14H30N2O/c1-13(2)16(3)11-5-4-9-15-10-8-14-7-6-12-17-14/h13-15H,4-12H2,1-3H3. The van der Waals surface area contributed by atoms with Crippen LogP contribution in [0.2, 0.25) is 0 Å². The zero-order valence-electron chi connectivity index (χ0n) is 11.9. The smallest absolute Gasteiger partial charge is 0.0588 e. The predicted molar refractivity (Wildman–Crippen MR) is 73.5 cm³/mol. The Balaban J connectivity index is 1.81. The fraction of sp³-hybridized carbons (Fsp3) is 1.00. The Kier molecular flexibility index (Phi) is 7.82. The second-order valence-electron chi connectivity index (χ2n) is 5.46. The Labute approximate surface area is 107 Å². The summed E-state index contributed by atoms with van der Waals surface area (Å²) in [6, 6.07) is 0.669. The van der Waals surface area contributed by atoms with Crippen LogP contribution in [-0.4, -0.2) is 50.3 Å². The summed E-state index contributed by atoms with van der Waals surface area (Å²) in [6.45, 7) is 8.96. The lowest BCUT2D eigenvalue weighted by Gasteiger charge is -2.20. The summed E-state index contributed by atoms with van der Waals surface area (Å²) in [7, 11) is 2.20. The molecule has 17 heavy (non-hydrogen) atoms. The van der Waals surface area contributed by atoms with Gasteiger partial charge >= 0.3 is 0 Å². The number of ether oxygens (including phenoxy) is 1. The van der Waals surface area contributed by atoms with Crippen molar-refractivity contribution >= 4 is 0 Å². The fourth-order valence-electron chi connectivity index (χ4n) is 2.13. The third kappa shape index (κ3) is 7.02. The van der Waals surface area contributed by atoms with Crippen molar-refractivity contribution in [3.63, 3.8) is 0 Å². The Hall–Kier alpha value is -0.120. The first-order valence-electron chi connectivity index (χ1n) is 7.22. The highest BCUT2D eigenvalue weighted by molar-refractivity contribution is 4.66. The zero-order chi connectivity index (χ0) is 12.5. The first-order chi connectivity index (χ1) is 8.20. The van der Waals surface area contributed by atoms with Gasteiger partial charge in [0.1, 0.15) is 0 Å². The van der Waals surface area contributed by atoms with Gasteiger partial charge < -0.3 is 15.0 Å². The lowest BCUT2D eigenvalue weighted by molar-refractivity contribution is 0.104. The SMILES string of the molecule is CC(C)N(C)CCCCNCCC1CCCO1. The minimum absolute atomic E-state index is 0.537. The highest BCUT2D eigenvalue weighted by Gasteiger charge is 2.14. The Morgan fingerprint density at radius 1 is 1.29 bits per heavy atom. The molecule has 0 aromatic carbocycles. The number of hydrogen-bond acceptors (Lipinski definition) is 3. The van der Waals surface area contributed by atoms with Gasteiger partial charge in [-0.2, -0.15) is 0 Å². The van der Waals surface area contributed by atoms with Crippen molar-refractivity contribution in [3.8, 4) is 0 Å². The van der Waals surface area contributed by atoms with Crippen LogP contribution in [0.5, 0.6) is 0 Å². The van der Waals surface area contributed by atoms with Crippen molar-refractivity contribution in [2.45, 2.75) is 58.1 Å². The molecule has 1 N–H and O–H groups in total. The summed E-state index contributed by atoms with van der Waals surface area (Å²) in [5.41, 5.74) is 0. The van der Waals surface area contributed by atoms with Crippen molar-refractivity contribution in [1.82, 2.24) is 10.2 Å². The highest BCUT2D eigenvalue weighted by Crippen LogP contribution is 2.14. The van der Waals surface area contributed by atoms with Crippen LogP contribution in [0.3, 0.4) is 0 Å². The van der Waals surface area contributed by atoms with Crippen LogP contribution in [0.1, 0.15) is 46.0 Å². The van der Waals surface area contributed by atoms with Crippen LogP contribution in [0, 0.1) is 0 Å². The van der Waals surface area contributed by atoms with E-state index < -0.39 is 0 Å². The number of rotatable bonds is 9. The van der Waals surface area contributed by atoms with E-state index in [1.54, 1.807) is 0 Å². The molecule has 1 heterocycles. The van der Waals surface area contributed by atoms with Crippen molar-refractivity contribution in [2.75, 3.05) is 33.3 Å². The van der Waals surface area contributed by atoms with Gasteiger partial charge in [0, 0.05) is 12.6 Å². The molecule has 0 aliphatic carbocycles. The molecule has 0 aromatic rings. The van der Waals surface area contributed by atoms with Crippen LogP contribution in [0.25, 0.3) is 0 Å². The molecule has 1 fully saturated rings. The molecule has 1 aliphatic rings. The zero-order valence-corrected chi connectivity index (χ0v) is 11.9. The van der Waals surface area contributed by atoms with Gasteiger partial charge in [-0.05, 0) is 72.6 Å². The number of nitrogens with one attached hydrogen (secondary N) is 1. The summed E-state index contributed by atoms with van der Waals surface area (Å²) in [5, 5.41) is 3.52. The number of nitrogens with zero attached hydrogens (tertiary/aromatic N) is 1. The number of unbranched alkanes of at least 4 members (excludes halogenated alkanes) is 1. The third-order valence-electron chi connectivity index (χ3n) is 3.66. The molecule has 0 amide bonds. The normalized spacial score (nSPS) is 20.6. The van der Waals surface area contributed by atoms with E-state index in [9.17, 15) is 0 Å². The topological polar surface area (TPSA) is 24.5 Å². The van der Waals surface area contributed by atoms with Gasteiger partial charge in [-0.1, -0.05) is 0 Å². The third-order valence-corrected chi connectivity index (χ3v) is 3.66. The molecular formula is C14H30N2O. The van der Waals surface area contributed by atoms with E-state index in [1.807, 2.05) is 0 Å². The molecule has 1 unspecified atom stereocenters. The largest absolute Gasteiger partial charge is 0.378 e. The maximum Gasteiger partial charge on any atom is 0.0588 e. The van der Waals surface area contributed by atoms with Gasteiger partial charge in [-0.15, -0.1) is 0 Å². The Morgan fingerprint density at radius 3 is 2.76 bits per heavy atom. The van der Waals surface area contributed by atoms with Gasteiger partial charge in [0.2, 0.25) is 0 Å². The van der Waals surface area contributed by atoms with Gasteiger partial charge in [0.25, 0.3) is 0 Å². The molecule has 1 aliphatic heterocycles. The maximum absolute atomic E-state index is 5.59. The molecule has 3 nitrogen and oxygen atoms in total. The average Bonchev–Trinajstić information content (AvgIpc) is 2.80. The van der Waals surface area contributed by atoms with Crippen LogP contribution in [0.15, 0.2) is 0 Å². The minimum Gasteiger partial charge on any atom is -0.378 e. The molecule has 1 atom stereocenters. The molecule has 0 saturated carbocycles. The fourth-order valence-corrected chi connectivity index (χ4v) is 2.13. The predicted octanol–water partition coefficient (Wildman–Crippen LogP) is 2.27. The second kappa shape index (κ2) is 8.90. The van der Waals surface area contributed by atoms with Crippen LogP contribution < -0.4 is 5.32 Å². The summed E-state index contributed by atoms with van der Waals surface area (Å²) < 4.78 is 5.59. The molecular weight excluding hydrogens is 212 g/mol. The molecule has 102 valence electrons. The Morgan fingerprint density at radius 2 is 2.12 bits per heavy atom. The monoisotopic (exact) mass is 242 g/mol. The first kappa shape index (κ1) is 14.9. The first-order valence-corrected chi connectivity index (χ1v) is 7.22. The number of hydrogen-bond donors (Lipinski definition) is 1. The molecule has 0 spiro atoms. The van der Waals surface area contributed by atoms with E-state index in [-0.39, 0.29) is 0 Å². The molecule has 1 rings (SSSR count). The van der Waals surface area contributed by atoms with Gasteiger partial charge in [-0.25, -0.2) is 0 Å². The summed E-state index contributed by atoms with van der Waals surface area (Å²) in [5.74, 6) is 0. The quantitative estimate of drug-likeness (QED) is 0.628. The second-order valence-corrected chi connectivity index (χ2v) is 5.46. The van der Waals surface area contributed by atoms with E-state index in [1.165, 1.54) is 38.6 Å². The summed E-state index contributed by atoms with van der Waals surface area (Å²) in [4.78, 5) is 2.41. The summed E-state index contributed by atoms with van der Waals surface area (Å²) >= 11 is 0. The lowest BCUT2D eigenvalue weighted by atomic mass is 10.2. The van der Waals surface area contributed by atoms with Crippen molar-refractivity contribution in [2.24, 2.45) is 0 Å². The van der Waals surface area contributed by atoms with Crippen molar-refractivity contribution in [3.05, 3.63) is 0 Å². The Bertz CT molecular complexity index is 173. The highest BCUT2D eigenvalue weighted by atomic mass is 16.5. The van der Waals surface area contributed by atoms with E-state index >= 15 is 0 Å². The van der Waals surface area contributed by atoms with Gasteiger partial charge in [0.05, 0.1) is 6.10 Å². The molecule has 0 radical (unpaired) electrons. The van der Waals surface area contributed by atoms with Gasteiger partial charge in [0.15, 0.2) is 0 Å². The van der Waals surface area contributed by atoms with E-state index in [0.29, 0.717) is 12.1 Å². The maximum atomic E-state index is 5.59. The van der Waals surface area contributed by atoms with E-state index in [4.69, 9.17) is 4.74 Å². The molecule has 0 aromatic heterocycles. The average molecular weight is 242 g/mol. The molecule has 3 heteroatoms. The molecule has 1 saturated heterocycles. The van der Waals surface area contributed by atoms with Crippen molar-refractivity contribution in [1.29, 1.82) is 0 Å². The van der Waals surface area contributed by atoms with E-state index in [2.05, 4.69) is 31.1 Å². The lowest BCUT2D eigenvalue weighted by Crippen LogP contribution is -2.28. The van der Waals surface area contributed by atoms with Crippen LogP contribution >= 0.6 is 0 Å². The van der Waals surface area contributed by atoms with E-state index in [0.717, 1.165) is 19.7 Å². The van der Waals surface area contributed by atoms with Crippen LogP contribution in [-0.2, 0) is 4.74 Å². The minimum atomic E-state index is 0.537. The van der Waals surface area contributed by atoms with Crippen LogP contribution in [0.4, 0.5) is 0 Å². The summed E-state index contributed by atoms with van der Waals surface area (Å²) in [6.07, 6.45) is 6.82. The van der Waals surface area contributed by atoms with Crippen molar-refractivity contribution < 1.29 is 4.74 Å². The molecule has 0 bridgehead atoms.